The maximum atomic E-state index is 12.8. The summed E-state index contributed by atoms with van der Waals surface area (Å²) in [5, 5.41) is 0.810. The molecule has 0 unspecified atom stereocenters. The lowest BCUT2D eigenvalue weighted by atomic mass is 10.2. The first-order valence-corrected chi connectivity index (χ1v) is 8.55. The van der Waals surface area contributed by atoms with Crippen LogP contribution in [-0.2, 0) is 9.84 Å². The average Bonchev–Trinajstić information content (AvgIpc) is 2.49. The number of nitrogen functional groups attached to an aromatic ring is 2. The largest absolute Gasteiger partial charge is 0.397 e. The zero-order valence-electron chi connectivity index (χ0n) is 11.5. The molecule has 1 aromatic heterocycles. The second-order valence-electron chi connectivity index (χ2n) is 4.72. The molecule has 0 aliphatic rings. The highest BCUT2D eigenvalue weighted by atomic mass is 35.5. The topological polar surface area (TPSA) is 112 Å². The monoisotopic (exact) mass is 368 g/mol. The summed E-state index contributed by atoms with van der Waals surface area (Å²) in [4.78, 5) is 7.79. The van der Waals surface area contributed by atoms with Crippen LogP contribution in [0.2, 0.25) is 10.0 Å². The van der Waals surface area contributed by atoms with Crippen molar-refractivity contribution in [1.29, 1.82) is 0 Å². The third kappa shape index (κ3) is 2.67. The molecule has 0 radical (unpaired) electrons. The van der Waals surface area contributed by atoms with E-state index in [-0.39, 0.29) is 31.5 Å². The van der Waals surface area contributed by atoms with Crippen molar-refractivity contribution in [2.24, 2.45) is 0 Å². The molecule has 4 N–H and O–H groups in total. The summed E-state index contributed by atoms with van der Waals surface area (Å²) in [5.41, 5.74) is 12.0. The number of anilines is 2. The molecule has 0 aliphatic heterocycles. The molecule has 0 aliphatic carbocycles. The van der Waals surface area contributed by atoms with Gasteiger partial charge in [-0.2, -0.15) is 0 Å². The van der Waals surface area contributed by atoms with Crippen LogP contribution in [0.25, 0.3) is 10.9 Å². The predicted octanol–water partition coefficient (Wildman–Crippen LogP) is 2.93. The Kier molecular flexibility index (Phi) is 3.79. The van der Waals surface area contributed by atoms with Gasteiger partial charge in [0, 0.05) is 11.6 Å². The minimum absolute atomic E-state index is 0.00527. The zero-order valence-corrected chi connectivity index (χ0v) is 13.8. The van der Waals surface area contributed by atoms with Crippen molar-refractivity contribution in [1.82, 2.24) is 9.97 Å². The quantitative estimate of drug-likeness (QED) is 0.672. The van der Waals surface area contributed by atoms with Gasteiger partial charge in [0.05, 0.1) is 31.0 Å². The number of aromatic nitrogens is 2. The van der Waals surface area contributed by atoms with E-state index in [0.29, 0.717) is 10.9 Å². The second kappa shape index (κ2) is 5.52. The number of nitrogens with two attached hydrogens (primary N) is 2. The van der Waals surface area contributed by atoms with Gasteiger partial charge in [-0.05, 0) is 30.3 Å². The van der Waals surface area contributed by atoms with E-state index in [9.17, 15) is 8.42 Å². The average molecular weight is 369 g/mol. The lowest BCUT2D eigenvalue weighted by Gasteiger charge is -2.10. The number of rotatable bonds is 2. The minimum Gasteiger partial charge on any atom is -0.397 e. The summed E-state index contributed by atoms with van der Waals surface area (Å²) in [6.07, 6.45) is 1.39. The zero-order chi connectivity index (χ0) is 16.8. The van der Waals surface area contributed by atoms with E-state index in [0.717, 1.165) is 0 Å². The number of benzene rings is 2. The smallest absolute Gasteiger partial charge is 0.220 e. The molecule has 3 rings (SSSR count). The van der Waals surface area contributed by atoms with Crippen LogP contribution in [0.4, 0.5) is 11.6 Å². The molecule has 0 saturated heterocycles. The number of sulfone groups is 1. The molecule has 118 valence electrons. The van der Waals surface area contributed by atoms with E-state index in [2.05, 4.69) is 9.97 Å². The molecule has 0 bridgehead atoms. The van der Waals surface area contributed by atoms with Crippen molar-refractivity contribution in [3.63, 3.8) is 0 Å². The molecular formula is C14H10Cl2N4O2S. The Balaban J connectivity index is 2.24. The number of nitrogens with zero attached hydrogens (tertiary/aromatic N) is 2. The van der Waals surface area contributed by atoms with Gasteiger partial charge >= 0.3 is 0 Å². The Morgan fingerprint density at radius 3 is 2.43 bits per heavy atom. The maximum absolute atomic E-state index is 12.8. The fourth-order valence-corrected chi connectivity index (χ4v) is 3.91. The third-order valence-electron chi connectivity index (χ3n) is 3.28. The predicted molar refractivity (Wildman–Crippen MR) is 90.3 cm³/mol. The Morgan fingerprint density at radius 2 is 1.74 bits per heavy atom. The number of hydrogen-bond acceptors (Lipinski definition) is 6. The summed E-state index contributed by atoms with van der Waals surface area (Å²) < 4.78 is 25.6. The molecule has 0 atom stereocenters. The molecule has 3 aromatic rings. The van der Waals surface area contributed by atoms with Gasteiger partial charge in [-0.3, -0.25) is 0 Å². The maximum Gasteiger partial charge on any atom is 0.220 e. The molecule has 2 aromatic carbocycles. The normalized spacial score (nSPS) is 11.7. The van der Waals surface area contributed by atoms with Gasteiger partial charge in [0.1, 0.15) is 0 Å². The highest BCUT2D eigenvalue weighted by molar-refractivity contribution is 7.91. The number of fused-ring (bicyclic) bond motifs is 1. The first-order valence-electron chi connectivity index (χ1n) is 6.31. The van der Waals surface area contributed by atoms with Gasteiger partial charge in [0.2, 0.25) is 15.8 Å². The molecule has 0 saturated carbocycles. The third-order valence-corrected chi connectivity index (χ3v) is 5.82. The Morgan fingerprint density at radius 1 is 1.00 bits per heavy atom. The molecule has 0 amide bonds. The van der Waals surface area contributed by atoms with Crippen LogP contribution in [0.5, 0.6) is 0 Å². The van der Waals surface area contributed by atoms with E-state index in [4.69, 9.17) is 34.7 Å². The summed E-state index contributed by atoms with van der Waals surface area (Å²) in [5.74, 6) is 0.0805. The molecule has 1 heterocycles. The standard InChI is InChI=1S/C14H10Cl2N4O2S/c15-9-2-1-7(5-10(9)16)23(21,22)12-4-3-11-8(13(12)17)6-19-14(18)20-11/h1-6H,17H2,(H2,18,19,20). The summed E-state index contributed by atoms with van der Waals surface area (Å²) in [6, 6.07) is 6.96. The SMILES string of the molecule is Nc1ncc2c(N)c(S(=O)(=O)c3ccc(Cl)c(Cl)c3)ccc2n1. The second-order valence-corrected chi connectivity index (χ2v) is 7.45. The van der Waals surface area contributed by atoms with Crippen LogP contribution < -0.4 is 11.5 Å². The molecule has 6 nitrogen and oxygen atoms in total. The van der Waals surface area contributed by atoms with Crippen LogP contribution in [0.15, 0.2) is 46.3 Å². The summed E-state index contributed by atoms with van der Waals surface area (Å²) in [7, 11) is -3.87. The van der Waals surface area contributed by atoms with E-state index >= 15 is 0 Å². The molecule has 0 fully saturated rings. The minimum atomic E-state index is -3.87. The van der Waals surface area contributed by atoms with Gasteiger partial charge in [-0.15, -0.1) is 0 Å². The Hall–Kier alpha value is -2.09. The molecule has 0 spiro atoms. The van der Waals surface area contributed by atoms with Crippen LogP contribution in [-0.4, -0.2) is 18.4 Å². The first kappa shape index (κ1) is 15.8. The lowest BCUT2D eigenvalue weighted by Crippen LogP contribution is -2.07. The van der Waals surface area contributed by atoms with E-state index < -0.39 is 9.84 Å². The van der Waals surface area contributed by atoms with Gasteiger partial charge in [0.15, 0.2) is 0 Å². The fraction of sp³-hybridized carbons (Fsp3) is 0. The van der Waals surface area contributed by atoms with E-state index in [1.165, 1.54) is 36.5 Å². The summed E-state index contributed by atoms with van der Waals surface area (Å²) >= 11 is 11.7. The highest BCUT2D eigenvalue weighted by Crippen LogP contribution is 2.33. The van der Waals surface area contributed by atoms with Gasteiger partial charge < -0.3 is 11.5 Å². The van der Waals surface area contributed by atoms with Crippen LogP contribution in [0, 0.1) is 0 Å². The van der Waals surface area contributed by atoms with Crippen molar-refractivity contribution in [2.75, 3.05) is 11.5 Å². The van der Waals surface area contributed by atoms with Crippen molar-refractivity contribution >= 4 is 55.6 Å². The van der Waals surface area contributed by atoms with Gasteiger partial charge in [0.25, 0.3) is 0 Å². The first-order chi connectivity index (χ1) is 10.8. The van der Waals surface area contributed by atoms with Crippen LogP contribution >= 0.6 is 23.2 Å². The van der Waals surface area contributed by atoms with Crippen LogP contribution in [0.3, 0.4) is 0 Å². The van der Waals surface area contributed by atoms with Crippen molar-refractivity contribution < 1.29 is 8.42 Å². The Bertz CT molecular complexity index is 1040. The molecular weight excluding hydrogens is 359 g/mol. The fourth-order valence-electron chi connectivity index (χ4n) is 2.13. The summed E-state index contributed by atoms with van der Waals surface area (Å²) in [6.45, 7) is 0. The molecule has 9 heteroatoms. The van der Waals surface area contributed by atoms with Crippen molar-refractivity contribution in [3.8, 4) is 0 Å². The number of hydrogen-bond donors (Lipinski definition) is 2. The van der Waals surface area contributed by atoms with Gasteiger partial charge in [-0.1, -0.05) is 23.2 Å². The molecule has 23 heavy (non-hydrogen) atoms. The highest BCUT2D eigenvalue weighted by Gasteiger charge is 2.23. The lowest BCUT2D eigenvalue weighted by molar-refractivity contribution is 0.596. The van der Waals surface area contributed by atoms with E-state index in [1.54, 1.807) is 0 Å². The number of halogens is 2. The van der Waals surface area contributed by atoms with Crippen molar-refractivity contribution in [2.45, 2.75) is 9.79 Å². The van der Waals surface area contributed by atoms with Crippen LogP contribution in [0.1, 0.15) is 0 Å². The van der Waals surface area contributed by atoms with E-state index in [1.807, 2.05) is 0 Å². The van der Waals surface area contributed by atoms with Gasteiger partial charge in [-0.25, -0.2) is 18.4 Å². The van der Waals surface area contributed by atoms with Crippen molar-refractivity contribution in [3.05, 3.63) is 46.6 Å². The Labute approximate surface area is 142 Å².